The molecule has 2 amide bonds. The summed E-state index contributed by atoms with van der Waals surface area (Å²) in [6.45, 7) is 6.39. The summed E-state index contributed by atoms with van der Waals surface area (Å²) in [5, 5.41) is 13.5. The topological polar surface area (TPSA) is 102 Å². The van der Waals surface area contributed by atoms with Gasteiger partial charge in [-0.15, -0.1) is 0 Å². The Morgan fingerprint density at radius 2 is 1.97 bits per heavy atom. The van der Waals surface area contributed by atoms with E-state index in [1.165, 1.54) is 10.5 Å². The van der Waals surface area contributed by atoms with E-state index in [-0.39, 0.29) is 35.5 Å². The van der Waals surface area contributed by atoms with Crippen molar-refractivity contribution >= 4 is 17.8 Å². The molecule has 2 fully saturated rings. The van der Waals surface area contributed by atoms with Gasteiger partial charge >= 0.3 is 0 Å². The van der Waals surface area contributed by atoms with E-state index in [1.807, 2.05) is 20.0 Å². The number of carbonyl (C=O) groups is 2. The fourth-order valence-electron chi connectivity index (χ4n) is 4.90. The molecule has 1 saturated carbocycles. The minimum atomic E-state index is -0.120. The van der Waals surface area contributed by atoms with Crippen molar-refractivity contribution in [3.8, 4) is 0 Å². The van der Waals surface area contributed by atoms with Crippen LogP contribution in [0.2, 0.25) is 0 Å². The van der Waals surface area contributed by atoms with Gasteiger partial charge in [0.15, 0.2) is 5.96 Å². The highest BCUT2D eigenvalue weighted by Gasteiger charge is 2.58. The maximum Gasteiger partial charge on any atom is 0.233 e. The van der Waals surface area contributed by atoms with Crippen LogP contribution in [0.15, 0.2) is 23.3 Å². The second-order valence-corrected chi connectivity index (χ2v) is 8.14. The monoisotopic (exact) mass is 398 g/mol. The summed E-state index contributed by atoms with van der Waals surface area (Å²) in [6, 6.07) is 0. The maximum atomic E-state index is 12.7. The normalized spacial score (nSPS) is 27.8. The number of aromatic amines is 1. The Labute approximate surface area is 171 Å². The molecule has 1 aromatic heterocycles. The van der Waals surface area contributed by atoms with Gasteiger partial charge in [0, 0.05) is 31.9 Å². The highest BCUT2D eigenvalue weighted by atomic mass is 16.2. The molecule has 0 aromatic carbocycles. The Balaban J connectivity index is 1.25. The molecule has 8 nitrogen and oxygen atoms in total. The molecule has 1 aromatic rings. The number of allylic oxidation sites excluding steroid dienone is 2. The Hall–Kier alpha value is -2.64. The number of aliphatic imine (C=N–C) groups is 1. The van der Waals surface area contributed by atoms with E-state index in [4.69, 9.17) is 0 Å². The molecule has 3 N–H and O–H groups in total. The zero-order valence-electron chi connectivity index (χ0n) is 17.1. The van der Waals surface area contributed by atoms with Crippen LogP contribution in [0.4, 0.5) is 0 Å². The van der Waals surface area contributed by atoms with Crippen LogP contribution < -0.4 is 10.6 Å². The molecule has 4 atom stereocenters. The van der Waals surface area contributed by atoms with Gasteiger partial charge in [0.05, 0.1) is 18.0 Å². The lowest BCUT2D eigenvalue weighted by Gasteiger charge is -2.18. The summed E-state index contributed by atoms with van der Waals surface area (Å²) in [5.74, 6) is 1.02. The highest BCUT2D eigenvalue weighted by Crippen LogP contribution is 2.52. The van der Waals surface area contributed by atoms with Crippen molar-refractivity contribution in [2.75, 3.05) is 26.2 Å². The molecule has 156 valence electrons. The lowest BCUT2D eigenvalue weighted by molar-refractivity contribution is -0.140. The number of likely N-dealkylation sites (tertiary alicyclic amines) is 1. The second-order valence-electron chi connectivity index (χ2n) is 8.14. The Kier molecular flexibility index (Phi) is 5.69. The lowest BCUT2D eigenvalue weighted by Crippen LogP contribution is -2.43. The van der Waals surface area contributed by atoms with E-state index in [1.54, 1.807) is 0 Å². The number of nitrogens with one attached hydrogen (secondary N) is 3. The number of H-pyrrole nitrogens is 1. The molecule has 4 rings (SSSR count). The largest absolute Gasteiger partial charge is 0.357 e. The van der Waals surface area contributed by atoms with Crippen molar-refractivity contribution in [1.82, 2.24) is 25.7 Å². The third-order valence-corrected chi connectivity index (χ3v) is 6.34. The molecule has 29 heavy (non-hydrogen) atoms. The second kappa shape index (κ2) is 8.39. The number of aryl methyl sites for hydroxylation is 2. The molecule has 1 aliphatic heterocycles. The maximum absolute atomic E-state index is 12.7. The smallest absolute Gasteiger partial charge is 0.233 e. The van der Waals surface area contributed by atoms with Crippen LogP contribution in [0.3, 0.4) is 0 Å². The van der Waals surface area contributed by atoms with Gasteiger partial charge in [-0.3, -0.25) is 24.6 Å². The standard InChI is InChI=1S/C21H30N6O2/c1-3-22-21(23-8-4-5-16-12-25-26-13(16)2)24-9-10-27-19(28)17-14-6-7-15(11-14)18(17)20(27)29/h6-7,12,14-15,17-18H,3-5,8-11H2,1-2H3,(H,25,26)(H2,22,23,24). The van der Waals surface area contributed by atoms with Crippen molar-refractivity contribution in [3.63, 3.8) is 0 Å². The minimum Gasteiger partial charge on any atom is -0.357 e. The number of aromatic nitrogens is 2. The molecule has 1 saturated heterocycles. The summed E-state index contributed by atoms with van der Waals surface area (Å²) in [6.07, 6.45) is 8.94. The summed E-state index contributed by atoms with van der Waals surface area (Å²) >= 11 is 0. The fraction of sp³-hybridized carbons (Fsp3) is 0.619. The first-order valence-corrected chi connectivity index (χ1v) is 10.6. The zero-order chi connectivity index (χ0) is 20.4. The molecule has 2 aliphatic carbocycles. The lowest BCUT2D eigenvalue weighted by atomic mass is 9.85. The first kappa shape index (κ1) is 19.7. The SMILES string of the molecule is CCNC(=NCCCc1cn[nH]c1C)NCCN1C(=O)C2C3C=CC(C3)C2C1=O. The number of hydrogen-bond acceptors (Lipinski definition) is 4. The number of nitrogens with zero attached hydrogens (tertiary/aromatic N) is 3. The number of fused-ring (bicyclic) bond motifs is 5. The molecule has 8 heteroatoms. The number of imide groups is 1. The van der Waals surface area contributed by atoms with Gasteiger partial charge in [0.2, 0.25) is 11.8 Å². The van der Waals surface area contributed by atoms with Crippen LogP contribution in [-0.4, -0.2) is 59.1 Å². The third kappa shape index (κ3) is 3.80. The summed E-state index contributed by atoms with van der Waals surface area (Å²) in [7, 11) is 0. The van der Waals surface area contributed by atoms with Gasteiger partial charge < -0.3 is 10.6 Å². The summed E-state index contributed by atoms with van der Waals surface area (Å²) in [5.41, 5.74) is 2.32. The van der Waals surface area contributed by atoms with Crippen molar-refractivity contribution in [2.24, 2.45) is 28.7 Å². The van der Waals surface area contributed by atoms with E-state index < -0.39 is 0 Å². The Morgan fingerprint density at radius 3 is 2.59 bits per heavy atom. The van der Waals surface area contributed by atoms with E-state index in [0.717, 1.165) is 37.5 Å². The van der Waals surface area contributed by atoms with Crippen molar-refractivity contribution in [3.05, 3.63) is 29.6 Å². The molecule has 0 spiro atoms. The molecule has 3 aliphatic rings. The van der Waals surface area contributed by atoms with Gasteiger partial charge in [-0.25, -0.2) is 0 Å². The van der Waals surface area contributed by atoms with Crippen LogP contribution in [0.5, 0.6) is 0 Å². The highest BCUT2D eigenvalue weighted by molar-refractivity contribution is 6.06. The molecule has 2 bridgehead atoms. The molecule has 2 heterocycles. The first-order chi connectivity index (χ1) is 14.1. The van der Waals surface area contributed by atoms with E-state index in [2.05, 4.69) is 38.0 Å². The molecule has 0 radical (unpaired) electrons. The van der Waals surface area contributed by atoms with Gasteiger partial charge in [-0.1, -0.05) is 12.2 Å². The van der Waals surface area contributed by atoms with Gasteiger partial charge in [-0.05, 0) is 50.5 Å². The number of guanidine groups is 1. The summed E-state index contributed by atoms with van der Waals surface area (Å²) < 4.78 is 0. The number of rotatable bonds is 8. The van der Waals surface area contributed by atoms with E-state index in [9.17, 15) is 9.59 Å². The van der Waals surface area contributed by atoms with Crippen molar-refractivity contribution in [2.45, 2.75) is 33.1 Å². The van der Waals surface area contributed by atoms with Gasteiger partial charge in [0.25, 0.3) is 0 Å². The van der Waals surface area contributed by atoms with Crippen LogP contribution in [0, 0.1) is 30.6 Å². The zero-order valence-corrected chi connectivity index (χ0v) is 17.1. The predicted octanol–water partition coefficient (Wildman–Crippen LogP) is 1.01. The van der Waals surface area contributed by atoms with Gasteiger partial charge in [0.1, 0.15) is 0 Å². The Bertz CT molecular complexity index is 799. The van der Waals surface area contributed by atoms with Crippen LogP contribution in [0.25, 0.3) is 0 Å². The van der Waals surface area contributed by atoms with Gasteiger partial charge in [-0.2, -0.15) is 5.10 Å². The first-order valence-electron chi connectivity index (χ1n) is 10.6. The number of carbonyl (C=O) groups excluding carboxylic acids is 2. The average molecular weight is 399 g/mol. The quantitative estimate of drug-likeness (QED) is 0.199. The van der Waals surface area contributed by atoms with Crippen LogP contribution >= 0.6 is 0 Å². The predicted molar refractivity (Wildman–Crippen MR) is 110 cm³/mol. The van der Waals surface area contributed by atoms with Crippen molar-refractivity contribution in [1.29, 1.82) is 0 Å². The van der Waals surface area contributed by atoms with E-state index in [0.29, 0.717) is 19.6 Å². The third-order valence-electron chi connectivity index (χ3n) is 6.34. The molecular formula is C21H30N6O2. The van der Waals surface area contributed by atoms with E-state index >= 15 is 0 Å². The average Bonchev–Trinajstić information content (AvgIpc) is 3.46. The van der Waals surface area contributed by atoms with Crippen molar-refractivity contribution < 1.29 is 9.59 Å². The van der Waals surface area contributed by atoms with Crippen LogP contribution in [-0.2, 0) is 16.0 Å². The molecule has 4 unspecified atom stereocenters. The summed E-state index contributed by atoms with van der Waals surface area (Å²) in [4.78, 5) is 31.5. The molecular weight excluding hydrogens is 368 g/mol. The number of amides is 2. The van der Waals surface area contributed by atoms with Crippen LogP contribution in [0.1, 0.15) is 31.0 Å². The Morgan fingerprint density at radius 1 is 1.24 bits per heavy atom. The number of hydrogen-bond donors (Lipinski definition) is 3. The fourth-order valence-corrected chi connectivity index (χ4v) is 4.90. The minimum absolute atomic E-state index is 0.0103.